The summed E-state index contributed by atoms with van der Waals surface area (Å²) >= 11 is 1.45. The van der Waals surface area contributed by atoms with Crippen molar-refractivity contribution in [3.05, 3.63) is 27.6 Å². The Kier molecular flexibility index (Phi) is 5.30. The Bertz CT molecular complexity index is 1130. The molecule has 0 bridgehead atoms. The summed E-state index contributed by atoms with van der Waals surface area (Å²) in [7, 11) is 1.75. The second-order valence-electron chi connectivity index (χ2n) is 8.24. The van der Waals surface area contributed by atoms with E-state index in [2.05, 4.69) is 20.0 Å². The molecule has 2 saturated heterocycles. The SMILES string of the molecule is Cn1c(=O)c2sccc2n2c(CN3CCCN(CC(=O)N4CCCC4)CC3)nnc12. The molecule has 5 heterocycles. The van der Waals surface area contributed by atoms with Crippen LogP contribution in [0.2, 0.25) is 0 Å². The van der Waals surface area contributed by atoms with Crippen LogP contribution in [-0.4, -0.2) is 85.6 Å². The van der Waals surface area contributed by atoms with Crippen molar-refractivity contribution in [3.63, 3.8) is 0 Å². The third kappa shape index (κ3) is 3.52. The van der Waals surface area contributed by atoms with Gasteiger partial charge in [0.25, 0.3) is 5.56 Å². The van der Waals surface area contributed by atoms with Gasteiger partial charge >= 0.3 is 0 Å². The first-order valence-corrected chi connectivity index (χ1v) is 11.5. The molecule has 1 amide bonds. The number of likely N-dealkylation sites (tertiary alicyclic amines) is 1. The lowest BCUT2D eigenvalue weighted by Gasteiger charge is -2.23. The second kappa shape index (κ2) is 8.09. The fraction of sp³-hybridized carbons (Fsp3) is 0.600. The Balaban J connectivity index is 1.30. The van der Waals surface area contributed by atoms with Crippen LogP contribution in [0, 0.1) is 0 Å². The van der Waals surface area contributed by atoms with Gasteiger partial charge in [-0.25, -0.2) is 0 Å². The van der Waals surface area contributed by atoms with E-state index < -0.39 is 0 Å². The maximum absolute atomic E-state index is 12.5. The van der Waals surface area contributed by atoms with Crippen molar-refractivity contribution >= 4 is 33.2 Å². The van der Waals surface area contributed by atoms with Gasteiger partial charge in [0.05, 0.1) is 18.6 Å². The first-order valence-electron chi connectivity index (χ1n) is 10.6. The van der Waals surface area contributed by atoms with E-state index in [1.165, 1.54) is 11.3 Å². The number of aromatic nitrogens is 4. The molecule has 0 atom stereocenters. The molecular weight excluding hydrogens is 402 g/mol. The molecule has 10 heteroatoms. The van der Waals surface area contributed by atoms with Crippen molar-refractivity contribution in [2.24, 2.45) is 7.05 Å². The van der Waals surface area contributed by atoms with Gasteiger partial charge < -0.3 is 4.90 Å². The van der Waals surface area contributed by atoms with Crippen LogP contribution >= 0.6 is 11.3 Å². The number of nitrogens with zero attached hydrogens (tertiary/aromatic N) is 7. The van der Waals surface area contributed by atoms with Gasteiger partial charge in [-0.05, 0) is 43.8 Å². The number of hydrogen-bond donors (Lipinski definition) is 0. The van der Waals surface area contributed by atoms with E-state index in [0.29, 0.717) is 18.9 Å². The molecule has 5 rings (SSSR count). The predicted octanol–water partition coefficient (Wildman–Crippen LogP) is 0.773. The number of carbonyl (C=O) groups excluding carboxylic acids is 1. The topological polar surface area (TPSA) is 79.0 Å². The Morgan fingerprint density at radius 1 is 1.03 bits per heavy atom. The largest absolute Gasteiger partial charge is 0.342 e. The molecule has 2 aliphatic heterocycles. The van der Waals surface area contributed by atoms with Crippen molar-refractivity contribution in [3.8, 4) is 0 Å². The number of rotatable bonds is 4. The van der Waals surface area contributed by atoms with E-state index >= 15 is 0 Å². The van der Waals surface area contributed by atoms with E-state index in [1.807, 2.05) is 20.7 Å². The Labute approximate surface area is 178 Å². The highest BCUT2D eigenvalue weighted by atomic mass is 32.1. The molecule has 0 unspecified atom stereocenters. The smallest absolute Gasteiger partial charge is 0.272 e. The summed E-state index contributed by atoms with van der Waals surface area (Å²) in [5.74, 6) is 1.70. The Morgan fingerprint density at radius 2 is 1.80 bits per heavy atom. The molecule has 0 spiro atoms. The molecule has 0 saturated carbocycles. The average Bonchev–Trinajstić information content (AvgIpc) is 3.47. The zero-order chi connectivity index (χ0) is 20.7. The summed E-state index contributed by atoms with van der Waals surface area (Å²) in [5.41, 5.74) is 0.852. The van der Waals surface area contributed by atoms with E-state index in [-0.39, 0.29) is 11.5 Å². The zero-order valence-corrected chi connectivity index (χ0v) is 18.1. The molecule has 9 nitrogen and oxygen atoms in total. The summed E-state index contributed by atoms with van der Waals surface area (Å²) in [6.07, 6.45) is 3.29. The van der Waals surface area contributed by atoms with Crippen LogP contribution in [0.5, 0.6) is 0 Å². The quantitative estimate of drug-likeness (QED) is 0.610. The Hall–Kier alpha value is -2.30. The summed E-state index contributed by atoms with van der Waals surface area (Å²) in [4.78, 5) is 31.7. The van der Waals surface area contributed by atoms with Gasteiger partial charge in [-0.2, -0.15) is 0 Å². The van der Waals surface area contributed by atoms with Gasteiger partial charge in [0.2, 0.25) is 11.7 Å². The monoisotopic (exact) mass is 429 g/mol. The summed E-state index contributed by atoms with van der Waals surface area (Å²) < 4.78 is 4.31. The molecule has 30 heavy (non-hydrogen) atoms. The highest BCUT2D eigenvalue weighted by Crippen LogP contribution is 2.20. The van der Waals surface area contributed by atoms with Crippen LogP contribution in [0.4, 0.5) is 0 Å². The van der Waals surface area contributed by atoms with Crippen molar-refractivity contribution in [2.45, 2.75) is 25.8 Å². The molecule has 0 aromatic carbocycles. The van der Waals surface area contributed by atoms with Crippen LogP contribution in [0.3, 0.4) is 0 Å². The van der Waals surface area contributed by atoms with Crippen molar-refractivity contribution < 1.29 is 4.79 Å². The maximum Gasteiger partial charge on any atom is 0.272 e. The highest BCUT2D eigenvalue weighted by Gasteiger charge is 2.23. The predicted molar refractivity (Wildman–Crippen MR) is 116 cm³/mol. The normalized spacial score (nSPS) is 19.2. The van der Waals surface area contributed by atoms with Gasteiger partial charge in [0.1, 0.15) is 4.70 Å². The molecular formula is C20H27N7O2S. The average molecular weight is 430 g/mol. The fourth-order valence-corrected chi connectivity index (χ4v) is 5.40. The lowest BCUT2D eigenvalue weighted by atomic mass is 10.3. The zero-order valence-electron chi connectivity index (χ0n) is 17.3. The molecule has 3 aromatic rings. The van der Waals surface area contributed by atoms with Gasteiger partial charge in [-0.1, -0.05) is 0 Å². The van der Waals surface area contributed by atoms with Crippen LogP contribution in [0.15, 0.2) is 16.2 Å². The van der Waals surface area contributed by atoms with Gasteiger partial charge in [0.15, 0.2) is 5.82 Å². The van der Waals surface area contributed by atoms with Crippen molar-refractivity contribution in [1.29, 1.82) is 0 Å². The van der Waals surface area contributed by atoms with E-state index in [0.717, 1.165) is 74.6 Å². The van der Waals surface area contributed by atoms with Gasteiger partial charge in [0, 0.05) is 33.2 Å². The lowest BCUT2D eigenvalue weighted by Crippen LogP contribution is -2.40. The number of carbonyl (C=O) groups is 1. The summed E-state index contributed by atoms with van der Waals surface area (Å²) in [6, 6.07) is 1.97. The molecule has 0 radical (unpaired) electrons. The van der Waals surface area contributed by atoms with Crippen molar-refractivity contribution in [2.75, 3.05) is 45.8 Å². The van der Waals surface area contributed by atoms with E-state index in [4.69, 9.17) is 0 Å². The number of fused-ring (bicyclic) bond motifs is 3. The number of amides is 1. The highest BCUT2D eigenvalue weighted by molar-refractivity contribution is 7.17. The van der Waals surface area contributed by atoms with Crippen LogP contribution in [0.1, 0.15) is 25.1 Å². The molecule has 3 aromatic heterocycles. The molecule has 2 fully saturated rings. The number of hydrogen-bond acceptors (Lipinski definition) is 7. The van der Waals surface area contributed by atoms with Crippen LogP contribution in [0.25, 0.3) is 16.0 Å². The van der Waals surface area contributed by atoms with Crippen LogP contribution < -0.4 is 5.56 Å². The van der Waals surface area contributed by atoms with E-state index in [1.54, 1.807) is 11.6 Å². The molecule has 2 aliphatic rings. The first-order chi connectivity index (χ1) is 14.6. The third-order valence-corrected chi connectivity index (χ3v) is 7.15. The first kappa shape index (κ1) is 19.7. The van der Waals surface area contributed by atoms with Gasteiger partial charge in [-0.3, -0.25) is 28.4 Å². The lowest BCUT2D eigenvalue weighted by molar-refractivity contribution is -0.131. The number of thiophene rings is 1. The minimum atomic E-state index is -0.0282. The summed E-state index contributed by atoms with van der Waals surface area (Å²) in [5, 5.41) is 10.6. The molecule has 160 valence electrons. The standard InChI is InChI=1S/C20H27N7O2S/c1-23-19(29)18-15(5-12-30-18)27-16(21-22-20(23)27)13-24-6-4-7-25(11-10-24)14-17(28)26-8-2-3-9-26/h5,12H,2-4,6-11,13-14H2,1H3. The minimum Gasteiger partial charge on any atom is -0.342 e. The maximum atomic E-state index is 12.5. The minimum absolute atomic E-state index is 0.0282. The Morgan fingerprint density at radius 3 is 2.63 bits per heavy atom. The summed E-state index contributed by atoms with van der Waals surface area (Å²) in [6.45, 7) is 6.71. The third-order valence-electron chi connectivity index (χ3n) is 6.26. The number of aryl methyl sites for hydroxylation is 1. The molecule has 0 N–H and O–H groups in total. The van der Waals surface area contributed by atoms with Crippen LogP contribution in [-0.2, 0) is 18.4 Å². The second-order valence-corrected chi connectivity index (χ2v) is 9.16. The van der Waals surface area contributed by atoms with Gasteiger partial charge in [-0.15, -0.1) is 21.5 Å². The molecule has 0 aliphatic carbocycles. The van der Waals surface area contributed by atoms with E-state index in [9.17, 15) is 9.59 Å². The fourth-order valence-electron chi connectivity index (χ4n) is 4.55. The van der Waals surface area contributed by atoms with Crippen molar-refractivity contribution in [1.82, 2.24) is 33.9 Å².